The summed E-state index contributed by atoms with van der Waals surface area (Å²) in [5, 5.41) is 18.9. The molecule has 0 aromatic heterocycles. The van der Waals surface area contributed by atoms with E-state index in [0.29, 0.717) is 11.1 Å². The molecule has 1 aliphatic carbocycles. The van der Waals surface area contributed by atoms with E-state index in [4.69, 9.17) is 5.73 Å². The second-order valence-electron chi connectivity index (χ2n) is 5.43. The Hall–Kier alpha value is -2.85. The van der Waals surface area contributed by atoms with Gasteiger partial charge in [-0.15, -0.1) is 0 Å². The number of hydrogen-bond acceptors (Lipinski definition) is 3. The summed E-state index contributed by atoms with van der Waals surface area (Å²) < 4.78 is 13.2. The molecule has 1 aliphatic rings. The molecule has 0 radical (unpaired) electrons. The molecular formula is C18H14FN3. The van der Waals surface area contributed by atoms with Gasteiger partial charge < -0.3 is 5.73 Å². The van der Waals surface area contributed by atoms with Crippen LogP contribution in [0.5, 0.6) is 0 Å². The van der Waals surface area contributed by atoms with E-state index >= 15 is 0 Å². The number of nitrogens with two attached hydrogens (primary N) is 1. The highest BCUT2D eigenvalue weighted by Crippen LogP contribution is 2.40. The zero-order valence-corrected chi connectivity index (χ0v) is 12.0. The Morgan fingerprint density at radius 1 is 0.909 bits per heavy atom. The predicted molar refractivity (Wildman–Crippen MR) is 82.3 cm³/mol. The van der Waals surface area contributed by atoms with Gasteiger partial charge in [-0.05, 0) is 54.5 Å². The van der Waals surface area contributed by atoms with Crippen molar-refractivity contribution in [2.24, 2.45) is 0 Å². The first-order valence-corrected chi connectivity index (χ1v) is 7.20. The van der Waals surface area contributed by atoms with Gasteiger partial charge in [-0.1, -0.05) is 12.1 Å². The first kappa shape index (κ1) is 14.1. The van der Waals surface area contributed by atoms with E-state index in [1.165, 1.54) is 12.1 Å². The van der Waals surface area contributed by atoms with Crippen molar-refractivity contribution in [2.45, 2.75) is 25.7 Å². The van der Waals surface area contributed by atoms with Gasteiger partial charge >= 0.3 is 0 Å². The maximum Gasteiger partial charge on any atom is 0.123 e. The minimum absolute atomic E-state index is 0.241. The lowest BCUT2D eigenvalue weighted by Crippen LogP contribution is -2.12. The summed E-state index contributed by atoms with van der Waals surface area (Å²) in [7, 11) is 0. The number of anilines is 1. The molecule has 2 aromatic carbocycles. The van der Waals surface area contributed by atoms with Gasteiger partial charge in [0.2, 0.25) is 0 Å². The molecule has 3 rings (SSSR count). The summed E-state index contributed by atoms with van der Waals surface area (Å²) in [6, 6.07) is 10.3. The standard InChI is InChI=1S/C18H14FN3/c19-12-7-5-11(6-8-12)17-14-4-2-1-3-13(14)15(9-20)18(22)16(17)10-21/h5-8H,1-4,22H2. The van der Waals surface area contributed by atoms with Gasteiger partial charge in [-0.2, -0.15) is 10.5 Å². The quantitative estimate of drug-likeness (QED) is 0.814. The topological polar surface area (TPSA) is 73.6 Å². The Morgan fingerprint density at radius 2 is 1.50 bits per heavy atom. The summed E-state index contributed by atoms with van der Waals surface area (Å²) in [5.41, 5.74) is 10.6. The molecule has 0 spiro atoms. The summed E-state index contributed by atoms with van der Waals surface area (Å²) in [6.45, 7) is 0. The highest BCUT2D eigenvalue weighted by Gasteiger charge is 2.25. The molecule has 0 amide bonds. The number of nitrogen functional groups attached to an aromatic ring is 1. The van der Waals surface area contributed by atoms with Crippen molar-refractivity contribution in [3.8, 4) is 23.3 Å². The van der Waals surface area contributed by atoms with Gasteiger partial charge in [-0.25, -0.2) is 4.39 Å². The van der Waals surface area contributed by atoms with Crippen LogP contribution in [0.4, 0.5) is 10.1 Å². The van der Waals surface area contributed by atoms with Crippen LogP contribution < -0.4 is 5.73 Å². The fraction of sp³-hybridized carbons (Fsp3) is 0.222. The van der Waals surface area contributed by atoms with Crippen LogP contribution in [0.1, 0.15) is 35.1 Å². The molecular weight excluding hydrogens is 277 g/mol. The lowest BCUT2D eigenvalue weighted by Gasteiger charge is -2.23. The molecule has 4 heteroatoms. The van der Waals surface area contributed by atoms with E-state index in [0.717, 1.165) is 47.9 Å². The van der Waals surface area contributed by atoms with Gasteiger partial charge in [0.1, 0.15) is 18.0 Å². The second-order valence-corrected chi connectivity index (χ2v) is 5.43. The smallest absolute Gasteiger partial charge is 0.123 e. The van der Waals surface area contributed by atoms with Crippen molar-refractivity contribution < 1.29 is 4.39 Å². The molecule has 0 bridgehead atoms. The van der Waals surface area contributed by atoms with Crippen LogP contribution in [0, 0.1) is 28.5 Å². The molecule has 0 saturated carbocycles. The molecule has 0 heterocycles. The Bertz CT molecular complexity index is 824. The lowest BCUT2D eigenvalue weighted by atomic mass is 9.80. The first-order chi connectivity index (χ1) is 10.7. The van der Waals surface area contributed by atoms with Crippen molar-refractivity contribution in [1.29, 1.82) is 10.5 Å². The molecule has 2 N–H and O–H groups in total. The zero-order chi connectivity index (χ0) is 15.7. The number of halogens is 1. The average Bonchev–Trinajstić information content (AvgIpc) is 2.55. The fourth-order valence-electron chi connectivity index (χ4n) is 3.21. The third kappa shape index (κ3) is 2.10. The summed E-state index contributed by atoms with van der Waals surface area (Å²) in [4.78, 5) is 0. The molecule has 2 aromatic rings. The maximum atomic E-state index is 13.2. The van der Waals surface area contributed by atoms with Crippen molar-refractivity contribution in [1.82, 2.24) is 0 Å². The minimum atomic E-state index is -0.322. The number of nitrogens with zero attached hydrogens (tertiary/aromatic N) is 2. The Labute approximate surface area is 128 Å². The molecule has 0 unspecified atom stereocenters. The number of nitriles is 2. The van der Waals surface area contributed by atoms with Crippen molar-refractivity contribution in [3.05, 3.63) is 52.3 Å². The predicted octanol–water partition coefficient (Wildman–Crippen LogP) is 3.70. The van der Waals surface area contributed by atoms with E-state index in [1.807, 2.05) is 0 Å². The molecule has 0 saturated heterocycles. The van der Waals surface area contributed by atoms with E-state index in [1.54, 1.807) is 12.1 Å². The third-order valence-corrected chi connectivity index (χ3v) is 4.22. The summed E-state index contributed by atoms with van der Waals surface area (Å²) in [6.07, 6.45) is 3.63. The number of rotatable bonds is 1. The molecule has 3 nitrogen and oxygen atoms in total. The Kier molecular flexibility index (Phi) is 3.53. The maximum absolute atomic E-state index is 13.2. The third-order valence-electron chi connectivity index (χ3n) is 4.22. The Balaban J connectivity index is 2.38. The van der Waals surface area contributed by atoms with Crippen LogP contribution in [0.25, 0.3) is 11.1 Å². The van der Waals surface area contributed by atoms with Crippen LogP contribution in [0.15, 0.2) is 24.3 Å². The van der Waals surface area contributed by atoms with Crippen molar-refractivity contribution >= 4 is 5.69 Å². The highest BCUT2D eigenvalue weighted by atomic mass is 19.1. The number of benzene rings is 2. The van der Waals surface area contributed by atoms with Crippen molar-refractivity contribution in [2.75, 3.05) is 5.73 Å². The zero-order valence-electron chi connectivity index (χ0n) is 12.0. The number of fused-ring (bicyclic) bond motifs is 1. The normalized spacial score (nSPS) is 13.0. The highest BCUT2D eigenvalue weighted by molar-refractivity contribution is 5.85. The van der Waals surface area contributed by atoms with Gasteiger partial charge in [0.15, 0.2) is 0 Å². The van der Waals surface area contributed by atoms with E-state index in [2.05, 4.69) is 12.1 Å². The van der Waals surface area contributed by atoms with Crippen LogP contribution in [0.3, 0.4) is 0 Å². The van der Waals surface area contributed by atoms with Crippen molar-refractivity contribution in [3.63, 3.8) is 0 Å². The van der Waals surface area contributed by atoms with Gasteiger partial charge in [0, 0.05) is 5.56 Å². The molecule has 0 fully saturated rings. The summed E-state index contributed by atoms with van der Waals surface area (Å²) in [5.74, 6) is -0.322. The van der Waals surface area contributed by atoms with E-state index in [-0.39, 0.29) is 11.5 Å². The minimum Gasteiger partial charge on any atom is -0.397 e. The average molecular weight is 291 g/mol. The summed E-state index contributed by atoms with van der Waals surface area (Å²) >= 11 is 0. The molecule has 108 valence electrons. The monoisotopic (exact) mass is 291 g/mol. The SMILES string of the molecule is N#Cc1c(N)c(C#N)c(-c2ccc(F)cc2)c2c1CCCC2. The van der Waals surface area contributed by atoms with Crippen LogP contribution in [-0.4, -0.2) is 0 Å². The van der Waals surface area contributed by atoms with Crippen LogP contribution >= 0.6 is 0 Å². The second kappa shape index (κ2) is 5.50. The van der Waals surface area contributed by atoms with Gasteiger partial charge in [0.25, 0.3) is 0 Å². The van der Waals surface area contributed by atoms with E-state index in [9.17, 15) is 14.9 Å². The molecule has 0 aliphatic heterocycles. The molecule has 22 heavy (non-hydrogen) atoms. The van der Waals surface area contributed by atoms with Crippen LogP contribution in [0.2, 0.25) is 0 Å². The lowest BCUT2D eigenvalue weighted by molar-refractivity contribution is 0.628. The van der Waals surface area contributed by atoms with Crippen LogP contribution in [-0.2, 0) is 12.8 Å². The van der Waals surface area contributed by atoms with Gasteiger partial charge in [0.05, 0.1) is 16.8 Å². The fourth-order valence-corrected chi connectivity index (χ4v) is 3.21. The first-order valence-electron chi connectivity index (χ1n) is 7.20. The van der Waals surface area contributed by atoms with E-state index < -0.39 is 0 Å². The molecule has 0 atom stereocenters. The Morgan fingerprint density at radius 3 is 2.09 bits per heavy atom. The van der Waals surface area contributed by atoms with Gasteiger partial charge in [-0.3, -0.25) is 0 Å². The largest absolute Gasteiger partial charge is 0.397 e. The number of hydrogen-bond donors (Lipinski definition) is 1.